The molecule has 1 unspecified atom stereocenters. The van der Waals surface area contributed by atoms with Crippen molar-refractivity contribution in [2.45, 2.75) is 18.1 Å². The van der Waals surface area contributed by atoms with Gasteiger partial charge in [0.05, 0.1) is 24.7 Å². The fraction of sp³-hybridized carbons (Fsp3) is 0.241. The van der Waals surface area contributed by atoms with Crippen molar-refractivity contribution < 1.29 is 31.6 Å². The molecule has 3 aromatic carbocycles. The zero-order valence-corrected chi connectivity index (χ0v) is 23.2. The first-order chi connectivity index (χ1) is 19.9. The van der Waals surface area contributed by atoms with Gasteiger partial charge in [0.2, 0.25) is 6.29 Å². The molecule has 1 N–H and O–H groups in total. The lowest BCUT2D eigenvalue weighted by Gasteiger charge is -2.32. The first kappa shape index (κ1) is 28.1. The van der Waals surface area contributed by atoms with Gasteiger partial charge in [-0.1, -0.05) is 60.2 Å². The monoisotopic (exact) mass is 578 g/mol. The Kier molecular flexibility index (Phi) is 8.82. The first-order valence-electron chi connectivity index (χ1n) is 13.0. The van der Waals surface area contributed by atoms with Gasteiger partial charge >= 0.3 is 0 Å². The standard InChI is InChI=1S/C29H30N4O7S/c1-22-11-13-24(14-12-22)41(35,36)40-20-18-37-17-19-38-25-9-5-6-10-26(25)39-21-32-28(23-7-3-2-4-8-23)31-33-27(34)15-16-30-29(32)33/h2-16,29-30H,17-21H2,1H3. The fourth-order valence-electron chi connectivity index (χ4n) is 4.13. The Morgan fingerprint density at radius 2 is 1.54 bits per heavy atom. The van der Waals surface area contributed by atoms with Crippen molar-refractivity contribution >= 4 is 21.9 Å². The maximum atomic E-state index is 12.4. The van der Waals surface area contributed by atoms with Crippen molar-refractivity contribution in [3.05, 3.63) is 102 Å². The van der Waals surface area contributed by atoms with Crippen LogP contribution in [-0.4, -0.2) is 69.5 Å². The Hall–Kier alpha value is -4.39. The van der Waals surface area contributed by atoms with E-state index in [1.54, 1.807) is 30.5 Å². The van der Waals surface area contributed by atoms with Gasteiger partial charge < -0.3 is 19.5 Å². The fourth-order valence-corrected chi connectivity index (χ4v) is 5.03. The molecule has 0 aliphatic carbocycles. The second kappa shape index (κ2) is 12.9. The summed E-state index contributed by atoms with van der Waals surface area (Å²) in [5.74, 6) is 1.38. The Balaban J connectivity index is 1.11. The molecule has 3 aromatic rings. The summed E-state index contributed by atoms with van der Waals surface area (Å²) in [5, 5.41) is 9.06. The molecule has 1 amide bonds. The largest absolute Gasteiger partial charge is 0.487 e. The number of hydrogen-bond donors (Lipinski definition) is 1. The quantitative estimate of drug-likeness (QED) is 0.241. The van der Waals surface area contributed by atoms with Crippen LogP contribution < -0.4 is 14.8 Å². The summed E-state index contributed by atoms with van der Waals surface area (Å²) in [5.41, 5.74) is 1.81. The van der Waals surface area contributed by atoms with Crippen LogP contribution in [0.3, 0.4) is 0 Å². The summed E-state index contributed by atoms with van der Waals surface area (Å²) in [6.45, 7) is 2.37. The highest BCUT2D eigenvalue weighted by Crippen LogP contribution is 2.28. The number of nitrogens with one attached hydrogen (secondary N) is 1. The van der Waals surface area contributed by atoms with Crippen LogP contribution in [0.5, 0.6) is 11.5 Å². The minimum atomic E-state index is -3.83. The van der Waals surface area contributed by atoms with Crippen molar-refractivity contribution in [2.24, 2.45) is 5.10 Å². The van der Waals surface area contributed by atoms with Gasteiger partial charge in [-0.05, 0) is 31.2 Å². The number of aryl methyl sites for hydroxylation is 1. The van der Waals surface area contributed by atoms with E-state index in [1.165, 1.54) is 23.2 Å². The van der Waals surface area contributed by atoms with Crippen molar-refractivity contribution in [2.75, 3.05) is 33.2 Å². The van der Waals surface area contributed by atoms with Gasteiger partial charge in [0, 0.05) is 17.8 Å². The van der Waals surface area contributed by atoms with Gasteiger partial charge in [-0.3, -0.25) is 13.9 Å². The van der Waals surface area contributed by atoms with E-state index in [2.05, 4.69) is 10.4 Å². The van der Waals surface area contributed by atoms with E-state index < -0.39 is 16.4 Å². The SMILES string of the molecule is Cc1ccc(S(=O)(=O)OCCOCCOc2ccccc2OCN2C(c3ccccc3)=NN3C(=O)C=CNC23)cc1. The molecule has 1 atom stereocenters. The summed E-state index contributed by atoms with van der Waals surface area (Å²) in [7, 11) is -3.83. The Morgan fingerprint density at radius 1 is 0.854 bits per heavy atom. The molecule has 0 saturated carbocycles. The Morgan fingerprint density at radius 3 is 2.29 bits per heavy atom. The lowest BCUT2D eigenvalue weighted by Crippen LogP contribution is -2.54. The number of hydrogen-bond acceptors (Lipinski definition) is 10. The molecule has 214 valence electrons. The number of ether oxygens (including phenoxy) is 3. The molecule has 0 aromatic heterocycles. The molecule has 5 rings (SSSR count). The third-order valence-electron chi connectivity index (χ3n) is 6.20. The Labute approximate surface area is 238 Å². The summed E-state index contributed by atoms with van der Waals surface area (Å²) >= 11 is 0. The predicted molar refractivity (Wildman–Crippen MR) is 150 cm³/mol. The van der Waals surface area contributed by atoms with E-state index in [9.17, 15) is 13.2 Å². The molecule has 41 heavy (non-hydrogen) atoms. The number of amides is 1. The number of benzene rings is 3. The summed E-state index contributed by atoms with van der Waals surface area (Å²) in [6, 6.07) is 23.2. The molecule has 0 bridgehead atoms. The second-order valence-electron chi connectivity index (χ2n) is 9.09. The van der Waals surface area contributed by atoms with Crippen molar-refractivity contribution in [3.63, 3.8) is 0 Å². The van der Waals surface area contributed by atoms with Crippen LogP contribution in [0.4, 0.5) is 0 Å². The van der Waals surface area contributed by atoms with Crippen LogP contribution >= 0.6 is 0 Å². The van der Waals surface area contributed by atoms with Gasteiger partial charge in [0.25, 0.3) is 16.0 Å². The molecule has 0 radical (unpaired) electrons. The minimum Gasteiger partial charge on any atom is -0.487 e. The van der Waals surface area contributed by atoms with Crippen LogP contribution in [0.15, 0.2) is 101 Å². The normalized spacial score (nSPS) is 16.3. The highest BCUT2D eigenvalue weighted by molar-refractivity contribution is 7.86. The average molecular weight is 579 g/mol. The third-order valence-corrected chi connectivity index (χ3v) is 7.53. The van der Waals surface area contributed by atoms with Gasteiger partial charge in [0.15, 0.2) is 24.1 Å². The molecule has 0 fully saturated rings. The van der Waals surface area contributed by atoms with Crippen LogP contribution in [0.25, 0.3) is 0 Å². The van der Waals surface area contributed by atoms with Crippen LogP contribution in [0.1, 0.15) is 11.1 Å². The predicted octanol–water partition coefficient (Wildman–Crippen LogP) is 3.04. The molecule has 12 heteroatoms. The van der Waals surface area contributed by atoms with E-state index in [4.69, 9.17) is 18.4 Å². The molecule has 2 aliphatic heterocycles. The van der Waals surface area contributed by atoms with Crippen molar-refractivity contribution in [3.8, 4) is 11.5 Å². The molecule has 0 saturated heterocycles. The number of carbonyl (C=O) groups is 1. The maximum absolute atomic E-state index is 12.4. The highest BCUT2D eigenvalue weighted by Gasteiger charge is 2.39. The summed E-state index contributed by atoms with van der Waals surface area (Å²) < 4.78 is 47.0. The number of amidine groups is 1. The van der Waals surface area contributed by atoms with Gasteiger partial charge in [-0.25, -0.2) is 0 Å². The molecular formula is C29H30N4O7S. The van der Waals surface area contributed by atoms with Crippen LogP contribution in [0, 0.1) is 6.92 Å². The van der Waals surface area contributed by atoms with Gasteiger partial charge in [-0.15, -0.1) is 5.10 Å². The minimum absolute atomic E-state index is 0.0845. The van der Waals surface area contributed by atoms with E-state index in [0.29, 0.717) is 17.3 Å². The van der Waals surface area contributed by atoms with Crippen molar-refractivity contribution in [1.82, 2.24) is 15.2 Å². The van der Waals surface area contributed by atoms with Gasteiger partial charge in [0.1, 0.15) is 6.61 Å². The zero-order valence-electron chi connectivity index (χ0n) is 22.4. The molecular weight excluding hydrogens is 548 g/mol. The topological polar surface area (TPSA) is 119 Å². The van der Waals surface area contributed by atoms with Gasteiger partial charge in [-0.2, -0.15) is 13.4 Å². The Bertz CT molecular complexity index is 1510. The van der Waals surface area contributed by atoms with Crippen molar-refractivity contribution in [1.29, 1.82) is 0 Å². The lowest BCUT2D eigenvalue weighted by atomic mass is 10.2. The van der Waals surface area contributed by atoms with E-state index in [1.807, 2.05) is 54.3 Å². The van der Waals surface area contributed by atoms with E-state index in [0.717, 1.165) is 11.1 Å². The van der Waals surface area contributed by atoms with Crippen LogP contribution in [-0.2, 0) is 23.8 Å². The first-order valence-corrected chi connectivity index (χ1v) is 14.4. The zero-order chi connectivity index (χ0) is 28.7. The van der Waals surface area contributed by atoms with E-state index >= 15 is 0 Å². The number of rotatable bonds is 13. The highest BCUT2D eigenvalue weighted by atomic mass is 32.2. The number of carbonyl (C=O) groups excluding carboxylic acids is 1. The number of hydrazone groups is 1. The maximum Gasteiger partial charge on any atom is 0.297 e. The average Bonchev–Trinajstić information content (AvgIpc) is 3.36. The second-order valence-corrected chi connectivity index (χ2v) is 10.7. The molecule has 0 spiro atoms. The lowest BCUT2D eigenvalue weighted by molar-refractivity contribution is -0.131. The summed E-state index contributed by atoms with van der Waals surface area (Å²) in [6.07, 6.45) is 2.49. The van der Waals surface area contributed by atoms with E-state index in [-0.39, 0.29) is 44.0 Å². The molecule has 2 heterocycles. The number of para-hydroxylation sites is 2. The number of fused-ring (bicyclic) bond motifs is 1. The smallest absolute Gasteiger partial charge is 0.297 e. The molecule has 11 nitrogen and oxygen atoms in total. The van der Waals surface area contributed by atoms with Crippen LogP contribution in [0.2, 0.25) is 0 Å². The third kappa shape index (κ3) is 6.85. The summed E-state index contributed by atoms with van der Waals surface area (Å²) in [4.78, 5) is 14.4. The molecule has 2 aliphatic rings. The number of nitrogens with zero attached hydrogens (tertiary/aromatic N) is 3.